The van der Waals surface area contributed by atoms with Crippen molar-refractivity contribution < 1.29 is 9.53 Å². The molecule has 1 fully saturated rings. The molecule has 2 unspecified atom stereocenters. The van der Waals surface area contributed by atoms with E-state index in [9.17, 15) is 4.79 Å². The maximum atomic E-state index is 11.5. The first kappa shape index (κ1) is 19.4. The normalized spacial score (nSPS) is 19.3. The van der Waals surface area contributed by atoms with E-state index in [-0.39, 0.29) is 18.1 Å². The van der Waals surface area contributed by atoms with Crippen LogP contribution in [0.2, 0.25) is 0 Å². The monoisotopic (exact) mass is 386 g/mol. The van der Waals surface area contributed by atoms with Crippen molar-refractivity contribution in [3.05, 3.63) is 53.1 Å². The lowest BCUT2D eigenvalue weighted by Gasteiger charge is -2.28. The van der Waals surface area contributed by atoms with Gasteiger partial charge in [0.1, 0.15) is 0 Å². The highest BCUT2D eigenvalue weighted by molar-refractivity contribution is 7.80. The minimum absolute atomic E-state index is 0.0303. The third kappa shape index (κ3) is 3.83. The maximum Gasteiger partial charge on any atom is 0.305 e. The SMILES string of the molecule is COC(=O)CCCN1C(=S)NC(c2ccccn2)C1c1cc(C)n(C)c1C. The van der Waals surface area contributed by atoms with Crippen LogP contribution >= 0.6 is 12.2 Å². The van der Waals surface area contributed by atoms with Crippen molar-refractivity contribution in [3.8, 4) is 0 Å². The standard InChI is InChI=1S/C20H26N4O2S/c1-13-12-15(14(2)23(13)3)19-18(16-8-5-6-10-21-16)22-20(27)24(19)11-7-9-17(25)26-4/h5-6,8,10,12,18-19H,7,9,11H2,1-4H3,(H,22,27). The van der Waals surface area contributed by atoms with Crippen molar-refractivity contribution in [1.82, 2.24) is 19.8 Å². The van der Waals surface area contributed by atoms with Gasteiger partial charge in [0.2, 0.25) is 0 Å². The number of pyridine rings is 1. The van der Waals surface area contributed by atoms with E-state index in [1.807, 2.05) is 18.2 Å². The molecule has 1 saturated heterocycles. The van der Waals surface area contributed by atoms with E-state index >= 15 is 0 Å². The predicted octanol–water partition coefficient (Wildman–Crippen LogP) is 2.96. The van der Waals surface area contributed by atoms with Gasteiger partial charge >= 0.3 is 5.97 Å². The van der Waals surface area contributed by atoms with Gasteiger partial charge < -0.3 is 19.5 Å². The van der Waals surface area contributed by atoms with Crippen LogP contribution in [0.4, 0.5) is 0 Å². The van der Waals surface area contributed by atoms with Gasteiger partial charge in [0.05, 0.1) is 24.9 Å². The fourth-order valence-electron chi connectivity index (χ4n) is 3.66. The summed E-state index contributed by atoms with van der Waals surface area (Å²) < 4.78 is 6.96. The molecule has 0 radical (unpaired) electrons. The second-order valence-electron chi connectivity index (χ2n) is 6.89. The minimum atomic E-state index is -0.197. The lowest BCUT2D eigenvalue weighted by Crippen LogP contribution is -2.31. The van der Waals surface area contributed by atoms with Crippen LogP contribution in [0.25, 0.3) is 0 Å². The van der Waals surface area contributed by atoms with Gasteiger partial charge in [0, 0.05) is 37.6 Å². The zero-order chi connectivity index (χ0) is 19.6. The second-order valence-corrected chi connectivity index (χ2v) is 7.27. The van der Waals surface area contributed by atoms with E-state index in [4.69, 9.17) is 17.0 Å². The maximum absolute atomic E-state index is 11.5. The summed E-state index contributed by atoms with van der Waals surface area (Å²) in [7, 11) is 3.49. The molecule has 3 rings (SSSR count). The number of esters is 1. The molecule has 1 N–H and O–H groups in total. The summed E-state index contributed by atoms with van der Waals surface area (Å²) >= 11 is 5.65. The van der Waals surface area contributed by atoms with E-state index in [1.165, 1.54) is 24.1 Å². The summed E-state index contributed by atoms with van der Waals surface area (Å²) in [5.74, 6) is -0.197. The number of methoxy groups -OCH3 is 1. The Morgan fingerprint density at radius 2 is 2.15 bits per heavy atom. The molecule has 2 aromatic heterocycles. The number of nitrogens with one attached hydrogen (secondary N) is 1. The number of aromatic nitrogens is 2. The highest BCUT2D eigenvalue weighted by Gasteiger charge is 2.40. The van der Waals surface area contributed by atoms with E-state index in [0.29, 0.717) is 24.5 Å². The molecule has 0 bridgehead atoms. The lowest BCUT2D eigenvalue weighted by atomic mass is 9.96. The molecule has 0 amide bonds. The van der Waals surface area contributed by atoms with E-state index < -0.39 is 0 Å². The molecule has 27 heavy (non-hydrogen) atoms. The van der Waals surface area contributed by atoms with Crippen LogP contribution in [0.15, 0.2) is 30.5 Å². The van der Waals surface area contributed by atoms with Gasteiger partial charge in [0.15, 0.2) is 5.11 Å². The Bertz CT molecular complexity index is 834. The van der Waals surface area contributed by atoms with Gasteiger partial charge in [-0.05, 0) is 56.2 Å². The smallest absolute Gasteiger partial charge is 0.305 e. The average molecular weight is 387 g/mol. The van der Waals surface area contributed by atoms with E-state index in [2.05, 4.69) is 46.7 Å². The van der Waals surface area contributed by atoms with Crippen LogP contribution in [0.1, 0.15) is 47.6 Å². The highest BCUT2D eigenvalue weighted by Crippen LogP contribution is 2.40. The molecule has 2 aromatic rings. The minimum Gasteiger partial charge on any atom is -0.469 e. The van der Waals surface area contributed by atoms with Crippen LogP contribution in [0, 0.1) is 13.8 Å². The molecule has 144 valence electrons. The van der Waals surface area contributed by atoms with Gasteiger partial charge in [-0.1, -0.05) is 6.07 Å². The first-order chi connectivity index (χ1) is 12.9. The van der Waals surface area contributed by atoms with Crippen molar-refractivity contribution in [3.63, 3.8) is 0 Å². The molecule has 7 heteroatoms. The molecule has 0 aliphatic carbocycles. The summed E-state index contributed by atoms with van der Waals surface area (Å²) in [5.41, 5.74) is 4.61. The molecule has 0 saturated carbocycles. The number of carbonyl (C=O) groups excluding carboxylic acids is 1. The number of hydrogen-bond donors (Lipinski definition) is 1. The van der Waals surface area contributed by atoms with Crippen molar-refractivity contribution in [2.45, 2.75) is 38.8 Å². The Kier molecular flexibility index (Phi) is 5.79. The number of carbonyl (C=O) groups is 1. The topological polar surface area (TPSA) is 59.4 Å². The van der Waals surface area contributed by atoms with Crippen molar-refractivity contribution in [2.24, 2.45) is 7.05 Å². The Morgan fingerprint density at radius 1 is 1.37 bits per heavy atom. The first-order valence-electron chi connectivity index (χ1n) is 9.11. The number of aryl methyl sites for hydroxylation is 1. The zero-order valence-corrected chi connectivity index (χ0v) is 17.0. The third-order valence-electron chi connectivity index (χ3n) is 5.34. The summed E-state index contributed by atoms with van der Waals surface area (Å²) in [4.78, 5) is 18.2. The number of thiocarbonyl (C=S) groups is 1. The molecule has 6 nitrogen and oxygen atoms in total. The van der Waals surface area contributed by atoms with Gasteiger partial charge in [-0.3, -0.25) is 9.78 Å². The quantitative estimate of drug-likeness (QED) is 0.608. The van der Waals surface area contributed by atoms with Crippen molar-refractivity contribution in [1.29, 1.82) is 0 Å². The van der Waals surface area contributed by atoms with Crippen LogP contribution < -0.4 is 5.32 Å². The van der Waals surface area contributed by atoms with E-state index in [0.717, 1.165) is 5.69 Å². The van der Waals surface area contributed by atoms with Crippen molar-refractivity contribution in [2.75, 3.05) is 13.7 Å². The number of hydrogen-bond acceptors (Lipinski definition) is 4. The molecular formula is C20H26N4O2S. The Labute approximate surface area is 165 Å². The highest BCUT2D eigenvalue weighted by atomic mass is 32.1. The summed E-state index contributed by atoms with van der Waals surface area (Å²) in [6.45, 7) is 4.92. The second kappa shape index (κ2) is 8.08. The number of nitrogens with zero attached hydrogens (tertiary/aromatic N) is 3. The van der Waals surface area contributed by atoms with Gasteiger partial charge in [-0.2, -0.15) is 0 Å². The fourth-order valence-corrected chi connectivity index (χ4v) is 4.00. The molecule has 0 aromatic carbocycles. The molecule has 2 atom stereocenters. The Morgan fingerprint density at radius 3 is 2.74 bits per heavy atom. The number of ether oxygens (including phenoxy) is 1. The molecule has 1 aliphatic rings. The van der Waals surface area contributed by atoms with Crippen molar-refractivity contribution >= 4 is 23.3 Å². The zero-order valence-electron chi connectivity index (χ0n) is 16.2. The predicted molar refractivity (Wildman–Crippen MR) is 108 cm³/mol. The molecule has 1 aliphatic heterocycles. The van der Waals surface area contributed by atoms with Crippen LogP contribution in [0.5, 0.6) is 0 Å². The van der Waals surface area contributed by atoms with Crippen LogP contribution in [-0.2, 0) is 16.6 Å². The lowest BCUT2D eigenvalue weighted by molar-refractivity contribution is -0.140. The molecule has 3 heterocycles. The number of rotatable bonds is 6. The Balaban J connectivity index is 1.94. The molecular weight excluding hydrogens is 360 g/mol. The third-order valence-corrected chi connectivity index (χ3v) is 5.69. The Hall–Kier alpha value is -2.41. The van der Waals surface area contributed by atoms with Crippen LogP contribution in [-0.4, -0.2) is 39.2 Å². The summed E-state index contributed by atoms with van der Waals surface area (Å²) in [5, 5.41) is 4.14. The van der Waals surface area contributed by atoms with Crippen LogP contribution in [0.3, 0.4) is 0 Å². The van der Waals surface area contributed by atoms with E-state index in [1.54, 1.807) is 6.20 Å². The average Bonchev–Trinajstić information content (AvgIpc) is 3.13. The first-order valence-corrected chi connectivity index (χ1v) is 9.52. The summed E-state index contributed by atoms with van der Waals surface area (Å²) in [6, 6.07) is 8.16. The largest absolute Gasteiger partial charge is 0.469 e. The van der Waals surface area contributed by atoms with Gasteiger partial charge in [-0.15, -0.1) is 0 Å². The molecule has 0 spiro atoms. The fraction of sp³-hybridized carbons (Fsp3) is 0.450. The van der Waals surface area contributed by atoms with Gasteiger partial charge in [0.25, 0.3) is 0 Å². The van der Waals surface area contributed by atoms with Gasteiger partial charge in [-0.25, -0.2) is 0 Å². The summed E-state index contributed by atoms with van der Waals surface area (Å²) in [6.07, 6.45) is 2.87.